The molecule has 0 aliphatic rings. The summed E-state index contributed by atoms with van der Waals surface area (Å²) in [4.78, 5) is 26.0. The fourth-order valence-electron chi connectivity index (χ4n) is 3.81. The van der Waals surface area contributed by atoms with E-state index in [9.17, 15) is 22.8 Å². The first-order valence-electron chi connectivity index (χ1n) is 12.1. The summed E-state index contributed by atoms with van der Waals surface area (Å²) >= 11 is 11.7. The molecule has 41 heavy (non-hydrogen) atoms. The Bertz CT molecular complexity index is 1610. The molecule has 0 aliphatic heterocycles. The van der Waals surface area contributed by atoms with Crippen LogP contribution in [0.3, 0.4) is 0 Å². The monoisotopic (exact) mass is 603 g/mol. The number of alkyl halides is 3. The second-order valence-corrected chi connectivity index (χ2v) is 9.61. The number of carbonyl (C=O) groups excluding carboxylic acids is 2. The number of nitrogens with one attached hydrogen (secondary N) is 2. The summed E-state index contributed by atoms with van der Waals surface area (Å²) in [6.45, 7) is 0.305. The molecule has 0 spiro atoms. The first-order valence-corrected chi connectivity index (χ1v) is 12.8. The molecule has 3 aromatic carbocycles. The van der Waals surface area contributed by atoms with Crippen LogP contribution in [0.15, 0.2) is 73.1 Å². The average Bonchev–Trinajstić information content (AvgIpc) is 3.36. The number of rotatable bonds is 9. The third-order valence-corrected chi connectivity index (χ3v) is 6.31. The van der Waals surface area contributed by atoms with E-state index >= 15 is 0 Å². The molecule has 2 amide bonds. The maximum absolute atomic E-state index is 13.1. The Hall–Kier alpha value is -4.19. The van der Waals surface area contributed by atoms with Crippen LogP contribution in [0.1, 0.15) is 43.1 Å². The summed E-state index contributed by atoms with van der Waals surface area (Å²) in [7, 11) is 0. The molecule has 3 N–H and O–H groups in total. The van der Waals surface area contributed by atoms with E-state index in [-0.39, 0.29) is 28.4 Å². The van der Waals surface area contributed by atoms with Crippen LogP contribution < -0.4 is 10.6 Å². The zero-order valence-corrected chi connectivity index (χ0v) is 22.6. The average molecular weight is 604 g/mol. The SMILES string of the molecule is O=C(Nc1ccc(Cl)cc1C(=O)NC=Cc1ccc(Cl)c(C(F)(F)F)c1)c1cccc(Cn2cc(CCO)nn2)c1. The van der Waals surface area contributed by atoms with Gasteiger partial charge in [0.1, 0.15) is 0 Å². The number of hydrogen-bond donors (Lipinski definition) is 3. The molecule has 0 radical (unpaired) electrons. The predicted octanol–water partition coefficient (Wildman–Crippen LogP) is 5.84. The fourth-order valence-corrected chi connectivity index (χ4v) is 4.20. The van der Waals surface area contributed by atoms with Crippen molar-refractivity contribution in [1.29, 1.82) is 0 Å². The highest BCUT2D eigenvalue weighted by Crippen LogP contribution is 2.35. The van der Waals surface area contributed by atoms with Crippen molar-refractivity contribution >= 4 is 46.8 Å². The van der Waals surface area contributed by atoms with Gasteiger partial charge in [0, 0.05) is 36.0 Å². The van der Waals surface area contributed by atoms with E-state index in [2.05, 4.69) is 20.9 Å². The van der Waals surface area contributed by atoms with Gasteiger partial charge in [0.05, 0.1) is 34.1 Å². The summed E-state index contributed by atoms with van der Waals surface area (Å²) in [5, 5.41) is 22.0. The lowest BCUT2D eigenvalue weighted by atomic mass is 10.1. The van der Waals surface area contributed by atoms with Crippen LogP contribution in [0.4, 0.5) is 18.9 Å². The van der Waals surface area contributed by atoms with Crippen molar-refractivity contribution in [2.24, 2.45) is 0 Å². The number of nitrogens with zero attached hydrogens (tertiary/aromatic N) is 3. The van der Waals surface area contributed by atoms with Crippen LogP contribution in [-0.2, 0) is 19.1 Å². The fraction of sp³-hybridized carbons (Fsp3) is 0.143. The van der Waals surface area contributed by atoms with E-state index in [0.717, 1.165) is 17.7 Å². The Labute approximate surface area is 242 Å². The summed E-state index contributed by atoms with van der Waals surface area (Å²) < 4.78 is 40.9. The van der Waals surface area contributed by atoms with Crippen molar-refractivity contribution in [3.8, 4) is 0 Å². The molecule has 212 valence electrons. The van der Waals surface area contributed by atoms with Gasteiger partial charge in [-0.3, -0.25) is 9.59 Å². The molecule has 1 heterocycles. The van der Waals surface area contributed by atoms with E-state index < -0.39 is 28.6 Å². The normalized spacial score (nSPS) is 11.6. The molecule has 8 nitrogen and oxygen atoms in total. The van der Waals surface area contributed by atoms with Crippen LogP contribution >= 0.6 is 23.2 Å². The minimum atomic E-state index is -4.63. The second kappa shape index (κ2) is 13.0. The third-order valence-electron chi connectivity index (χ3n) is 5.75. The molecule has 0 aliphatic carbocycles. The maximum atomic E-state index is 13.1. The Balaban J connectivity index is 1.46. The van der Waals surface area contributed by atoms with E-state index in [4.69, 9.17) is 28.3 Å². The van der Waals surface area contributed by atoms with E-state index in [1.165, 1.54) is 36.5 Å². The van der Waals surface area contributed by atoms with Gasteiger partial charge in [0.15, 0.2) is 0 Å². The first kappa shape index (κ1) is 29.8. The Morgan fingerprint density at radius 1 is 1.02 bits per heavy atom. The lowest BCUT2D eigenvalue weighted by Gasteiger charge is -2.12. The molecule has 0 unspecified atom stereocenters. The van der Waals surface area contributed by atoms with Crippen LogP contribution in [0.5, 0.6) is 0 Å². The summed E-state index contributed by atoms with van der Waals surface area (Å²) in [6, 6.07) is 14.5. The Morgan fingerprint density at radius 3 is 2.59 bits per heavy atom. The highest BCUT2D eigenvalue weighted by atomic mass is 35.5. The quantitative estimate of drug-likeness (QED) is 0.223. The third kappa shape index (κ3) is 7.94. The molecular formula is C28H22Cl2F3N5O3. The number of benzene rings is 3. The molecule has 0 saturated heterocycles. The largest absolute Gasteiger partial charge is 0.417 e. The maximum Gasteiger partial charge on any atom is 0.417 e. The van der Waals surface area contributed by atoms with Crippen molar-refractivity contribution < 1.29 is 27.9 Å². The number of carbonyl (C=O) groups is 2. The summed E-state index contributed by atoms with van der Waals surface area (Å²) in [5.74, 6) is -1.14. The molecule has 4 rings (SSSR count). The second-order valence-electron chi connectivity index (χ2n) is 8.77. The molecule has 4 aromatic rings. The minimum Gasteiger partial charge on any atom is -0.396 e. The standard InChI is InChI=1S/C28H22Cl2F3N5O3/c29-20-5-7-25(22(14-20)27(41)34-10-8-17-4-6-24(30)23(13-17)28(31,32)33)35-26(40)19-3-1-2-18(12-19)15-38-16-21(9-11-39)36-37-38/h1-8,10,12-14,16,39H,9,11,15H2,(H,34,41)(H,35,40). The van der Waals surface area contributed by atoms with Gasteiger partial charge in [0.25, 0.3) is 11.8 Å². The molecule has 13 heteroatoms. The Morgan fingerprint density at radius 2 is 1.83 bits per heavy atom. The number of anilines is 1. The highest BCUT2D eigenvalue weighted by Gasteiger charge is 2.33. The van der Waals surface area contributed by atoms with Crippen molar-refractivity contribution in [2.75, 3.05) is 11.9 Å². The van der Waals surface area contributed by atoms with Gasteiger partial charge >= 0.3 is 6.18 Å². The van der Waals surface area contributed by atoms with Crippen molar-refractivity contribution in [1.82, 2.24) is 20.3 Å². The number of aliphatic hydroxyl groups is 1. The smallest absolute Gasteiger partial charge is 0.396 e. The van der Waals surface area contributed by atoms with Gasteiger partial charge < -0.3 is 15.7 Å². The Kier molecular flexibility index (Phi) is 9.43. The van der Waals surface area contributed by atoms with Gasteiger partial charge in [-0.15, -0.1) is 5.10 Å². The van der Waals surface area contributed by atoms with Crippen molar-refractivity contribution in [3.63, 3.8) is 0 Å². The van der Waals surface area contributed by atoms with Crippen LogP contribution in [0, 0.1) is 0 Å². The molecule has 0 bridgehead atoms. The van der Waals surface area contributed by atoms with E-state index in [1.54, 1.807) is 29.1 Å². The van der Waals surface area contributed by atoms with Crippen molar-refractivity contribution in [3.05, 3.63) is 117 Å². The lowest BCUT2D eigenvalue weighted by molar-refractivity contribution is -0.137. The number of aliphatic hydroxyl groups excluding tert-OH is 1. The predicted molar refractivity (Wildman–Crippen MR) is 149 cm³/mol. The number of hydrogen-bond acceptors (Lipinski definition) is 5. The highest BCUT2D eigenvalue weighted by molar-refractivity contribution is 6.31. The number of amides is 2. The van der Waals surface area contributed by atoms with Gasteiger partial charge in [-0.2, -0.15) is 13.2 Å². The van der Waals surface area contributed by atoms with Gasteiger partial charge in [-0.05, 0) is 59.7 Å². The van der Waals surface area contributed by atoms with Gasteiger partial charge in [-0.1, -0.05) is 46.6 Å². The minimum absolute atomic E-state index is 0.0396. The van der Waals surface area contributed by atoms with Gasteiger partial charge in [-0.25, -0.2) is 4.68 Å². The van der Waals surface area contributed by atoms with Crippen LogP contribution in [0.25, 0.3) is 6.08 Å². The number of aromatic nitrogens is 3. The van der Waals surface area contributed by atoms with Crippen LogP contribution in [0.2, 0.25) is 10.0 Å². The molecular weight excluding hydrogens is 582 g/mol. The molecule has 0 fully saturated rings. The van der Waals surface area contributed by atoms with E-state index in [1.807, 2.05) is 6.07 Å². The summed E-state index contributed by atoms with van der Waals surface area (Å²) in [5.41, 5.74) is 1.12. The molecule has 0 saturated carbocycles. The summed E-state index contributed by atoms with van der Waals surface area (Å²) in [6.07, 6.45) is -0.0805. The first-order chi connectivity index (χ1) is 19.5. The lowest BCUT2D eigenvalue weighted by Crippen LogP contribution is -2.21. The zero-order chi connectivity index (χ0) is 29.6. The van der Waals surface area contributed by atoms with Crippen LogP contribution in [-0.4, -0.2) is 38.5 Å². The molecule has 0 atom stereocenters. The molecule has 1 aromatic heterocycles. The van der Waals surface area contributed by atoms with E-state index in [0.29, 0.717) is 24.2 Å². The van der Waals surface area contributed by atoms with Crippen molar-refractivity contribution in [2.45, 2.75) is 19.1 Å². The topological polar surface area (TPSA) is 109 Å². The zero-order valence-electron chi connectivity index (χ0n) is 21.1. The van der Waals surface area contributed by atoms with Gasteiger partial charge in [0.2, 0.25) is 0 Å². The number of halogens is 5.